The van der Waals surface area contributed by atoms with E-state index in [0.717, 1.165) is 37.1 Å². The summed E-state index contributed by atoms with van der Waals surface area (Å²) in [6, 6.07) is 6.38. The third-order valence-electron chi connectivity index (χ3n) is 3.56. The van der Waals surface area contributed by atoms with Crippen LogP contribution in [0.5, 0.6) is 5.75 Å². The van der Waals surface area contributed by atoms with E-state index in [-0.39, 0.29) is 0 Å². The van der Waals surface area contributed by atoms with Crippen molar-refractivity contribution in [1.82, 2.24) is 0 Å². The van der Waals surface area contributed by atoms with Gasteiger partial charge < -0.3 is 20.5 Å². The number of anilines is 2. The van der Waals surface area contributed by atoms with E-state index >= 15 is 0 Å². The number of ether oxygens (including phenoxy) is 2. The van der Waals surface area contributed by atoms with E-state index in [1.807, 2.05) is 18.2 Å². The maximum atomic E-state index is 5.91. The molecule has 0 aliphatic heterocycles. The van der Waals surface area contributed by atoms with Gasteiger partial charge in [-0.2, -0.15) is 0 Å². The van der Waals surface area contributed by atoms with Crippen molar-refractivity contribution in [2.24, 2.45) is 0 Å². The quantitative estimate of drug-likeness (QED) is 0.775. The van der Waals surface area contributed by atoms with Gasteiger partial charge in [0, 0.05) is 24.9 Å². The van der Waals surface area contributed by atoms with Crippen LogP contribution in [0.3, 0.4) is 0 Å². The van der Waals surface area contributed by atoms with Gasteiger partial charge in [0.2, 0.25) is 0 Å². The number of hydrogen-bond acceptors (Lipinski definition) is 4. The maximum Gasteiger partial charge on any atom is 0.144 e. The second-order valence-electron chi connectivity index (χ2n) is 5.11. The molecule has 1 fully saturated rings. The third kappa shape index (κ3) is 3.77. The molecule has 0 bridgehead atoms. The Kier molecular flexibility index (Phi) is 4.91. The van der Waals surface area contributed by atoms with E-state index in [1.165, 1.54) is 0 Å². The summed E-state index contributed by atoms with van der Waals surface area (Å²) in [5.74, 6) is 0.771. The Balaban J connectivity index is 1.97. The molecule has 2 rings (SSSR count). The molecule has 1 aliphatic carbocycles. The Hall–Kier alpha value is -1.42. The maximum absolute atomic E-state index is 5.91. The van der Waals surface area contributed by atoms with Gasteiger partial charge in [-0.25, -0.2) is 0 Å². The zero-order valence-corrected chi connectivity index (χ0v) is 11.8. The van der Waals surface area contributed by atoms with Gasteiger partial charge in [-0.15, -0.1) is 0 Å². The highest BCUT2D eigenvalue weighted by Crippen LogP contribution is 2.29. The minimum atomic E-state index is 0.391. The monoisotopic (exact) mass is 264 g/mol. The zero-order valence-electron chi connectivity index (χ0n) is 11.8. The summed E-state index contributed by atoms with van der Waals surface area (Å²) >= 11 is 0. The molecule has 0 heterocycles. The highest BCUT2D eigenvalue weighted by atomic mass is 16.5. The molecule has 1 aromatic carbocycles. The molecule has 0 spiro atoms. The lowest BCUT2D eigenvalue weighted by atomic mass is 10.2. The summed E-state index contributed by atoms with van der Waals surface area (Å²) in [6.45, 7) is 2.78. The molecule has 0 amide bonds. The van der Waals surface area contributed by atoms with Crippen LogP contribution >= 0.6 is 0 Å². The molecule has 19 heavy (non-hydrogen) atoms. The summed E-state index contributed by atoms with van der Waals surface area (Å²) in [5, 5.41) is 3.53. The molecule has 3 N–H and O–H groups in total. The predicted molar refractivity (Wildman–Crippen MR) is 78.7 cm³/mol. The number of hydrogen-bond donors (Lipinski definition) is 2. The van der Waals surface area contributed by atoms with Crippen LogP contribution in [-0.4, -0.2) is 25.9 Å². The second kappa shape index (κ2) is 6.66. The van der Waals surface area contributed by atoms with Crippen molar-refractivity contribution in [2.45, 2.75) is 44.8 Å². The Morgan fingerprint density at radius 3 is 2.89 bits per heavy atom. The van der Waals surface area contributed by atoms with Gasteiger partial charge in [0.05, 0.1) is 18.4 Å². The van der Waals surface area contributed by atoms with Crippen LogP contribution in [0.25, 0.3) is 0 Å². The van der Waals surface area contributed by atoms with Crippen LogP contribution < -0.4 is 15.8 Å². The van der Waals surface area contributed by atoms with Gasteiger partial charge in [0.25, 0.3) is 0 Å². The number of nitrogen functional groups attached to an aromatic ring is 1. The van der Waals surface area contributed by atoms with Crippen LogP contribution in [0.1, 0.15) is 32.6 Å². The summed E-state index contributed by atoms with van der Waals surface area (Å²) in [5.41, 5.74) is 7.68. The summed E-state index contributed by atoms with van der Waals surface area (Å²) < 4.78 is 11.0. The fraction of sp³-hybridized carbons (Fsp3) is 0.600. The van der Waals surface area contributed by atoms with Crippen molar-refractivity contribution in [3.8, 4) is 5.75 Å². The smallest absolute Gasteiger partial charge is 0.144 e. The lowest BCUT2D eigenvalue weighted by Crippen LogP contribution is -2.17. The van der Waals surface area contributed by atoms with Gasteiger partial charge >= 0.3 is 0 Å². The van der Waals surface area contributed by atoms with E-state index in [9.17, 15) is 0 Å². The minimum absolute atomic E-state index is 0.391. The normalized spacial score (nSPS) is 22.4. The molecular formula is C15H24N2O2. The van der Waals surface area contributed by atoms with E-state index in [2.05, 4.69) is 12.2 Å². The van der Waals surface area contributed by atoms with E-state index < -0.39 is 0 Å². The van der Waals surface area contributed by atoms with E-state index in [0.29, 0.717) is 24.4 Å². The Morgan fingerprint density at radius 2 is 2.21 bits per heavy atom. The second-order valence-corrected chi connectivity index (χ2v) is 5.11. The van der Waals surface area contributed by atoms with Crippen LogP contribution in [0, 0.1) is 0 Å². The average molecular weight is 264 g/mol. The van der Waals surface area contributed by atoms with Crippen LogP contribution in [0.2, 0.25) is 0 Å². The fourth-order valence-corrected chi connectivity index (χ4v) is 2.48. The third-order valence-corrected chi connectivity index (χ3v) is 3.56. The largest absolute Gasteiger partial charge is 0.491 e. The summed E-state index contributed by atoms with van der Waals surface area (Å²) in [4.78, 5) is 0. The molecule has 2 unspecified atom stereocenters. The molecule has 106 valence electrons. The van der Waals surface area contributed by atoms with Crippen molar-refractivity contribution < 1.29 is 9.47 Å². The van der Waals surface area contributed by atoms with Crippen molar-refractivity contribution in [2.75, 3.05) is 24.8 Å². The van der Waals surface area contributed by atoms with Crippen molar-refractivity contribution >= 4 is 11.4 Å². The zero-order chi connectivity index (χ0) is 13.7. The van der Waals surface area contributed by atoms with Crippen LogP contribution in [0.4, 0.5) is 11.4 Å². The van der Waals surface area contributed by atoms with Crippen molar-refractivity contribution in [3.05, 3.63) is 18.2 Å². The number of benzene rings is 1. The topological polar surface area (TPSA) is 56.5 Å². The molecular weight excluding hydrogens is 240 g/mol. The number of nitrogens with two attached hydrogens (primary N) is 1. The molecule has 2 atom stereocenters. The van der Waals surface area contributed by atoms with Gasteiger partial charge in [0.1, 0.15) is 5.75 Å². The molecule has 0 saturated heterocycles. The fourth-order valence-electron chi connectivity index (χ4n) is 2.48. The summed E-state index contributed by atoms with van der Waals surface area (Å²) in [6.07, 6.45) is 4.71. The van der Waals surface area contributed by atoms with Gasteiger partial charge in [-0.1, -0.05) is 6.92 Å². The Morgan fingerprint density at radius 1 is 1.37 bits per heavy atom. The van der Waals surface area contributed by atoms with Crippen LogP contribution in [-0.2, 0) is 4.74 Å². The highest BCUT2D eigenvalue weighted by Gasteiger charge is 2.24. The first kappa shape index (κ1) is 14.0. The lowest BCUT2D eigenvalue weighted by molar-refractivity contribution is 0.108. The number of nitrogens with one attached hydrogen (secondary N) is 1. The van der Waals surface area contributed by atoms with E-state index in [4.69, 9.17) is 15.2 Å². The van der Waals surface area contributed by atoms with E-state index in [1.54, 1.807) is 7.11 Å². The molecule has 1 aliphatic rings. The average Bonchev–Trinajstić information content (AvgIpc) is 2.87. The SMILES string of the molecule is CCCOc1cc(NC2CCC(OC)C2)ccc1N. The number of rotatable bonds is 6. The Labute approximate surface area is 115 Å². The standard InChI is InChI=1S/C15H24N2O2/c1-3-8-19-15-10-12(5-7-14(15)16)17-11-4-6-13(9-11)18-2/h5,7,10-11,13,17H,3-4,6,8-9,16H2,1-2H3. The molecule has 1 aromatic rings. The highest BCUT2D eigenvalue weighted by molar-refractivity contribution is 5.61. The van der Waals surface area contributed by atoms with Gasteiger partial charge in [0.15, 0.2) is 0 Å². The Bertz CT molecular complexity index is 409. The molecule has 0 aromatic heterocycles. The first-order valence-corrected chi connectivity index (χ1v) is 7.04. The lowest BCUT2D eigenvalue weighted by Gasteiger charge is -2.16. The first-order valence-electron chi connectivity index (χ1n) is 7.04. The molecule has 4 nitrogen and oxygen atoms in total. The first-order chi connectivity index (χ1) is 9.22. The van der Waals surface area contributed by atoms with Gasteiger partial charge in [-0.05, 0) is 37.8 Å². The molecule has 0 radical (unpaired) electrons. The van der Waals surface area contributed by atoms with Crippen LogP contribution in [0.15, 0.2) is 18.2 Å². The molecule has 4 heteroatoms. The molecule has 1 saturated carbocycles. The summed E-state index contributed by atoms with van der Waals surface area (Å²) in [7, 11) is 1.78. The minimum Gasteiger partial charge on any atom is -0.491 e. The number of methoxy groups -OCH3 is 1. The predicted octanol–water partition coefficient (Wildman–Crippen LogP) is 3.04. The van der Waals surface area contributed by atoms with Crippen molar-refractivity contribution in [1.29, 1.82) is 0 Å². The van der Waals surface area contributed by atoms with Gasteiger partial charge in [-0.3, -0.25) is 0 Å². The van der Waals surface area contributed by atoms with Crippen molar-refractivity contribution in [3.63, 3.8) is 0 Å².